The molecule has 7 fully saturated rings. The minimum absolute atomic E-state index is 0.271. The van der Waals surface area contributed by atoms with E-state index in [2.05, 4.69) is 53.0 Å². The molecule has 1 atom stereocenters. The maximum Gasteiger partial charge on any atom is 0.211 e. The van der Waals surface area contributed by atoms with E-state index in [-0.39, 0.29) is 5.25 Å². The number of carbonyl (C=O) groups is 1. The molecule has 0 amide bonds. The largest absolute Gasteiger partial charge is 0.317 e. The SMILES string of the molecule is CC(C1CCCCC1)C1CCC(S(N)(=O)=O)CC1.CN(C1CCCCC1)C1CCNCC1.CN1CCC(=O)CC1.CN1CCC(N(C)C2CCCCC2)CC1. The molecule has 55 heavy (non-hydrogen) atoms. The molecule has 9 nitrogen and oxygen atoms in total. The Morgan fingerprint density at radius 1 is 0.564 bits per heavy atom. The summed E-state index contributed by atoms with van der Waals surface area (Å²) in [4.78, 5) is 20.6. The highest BCUT2D eigenvalue weighted by Gasteiger charge is 2.34. The number of sulfonamides is 1. The van der Waals surface area contributed by atoms with Gasteiger partial charge in [0.15, 0.2) is 0 Å². The van der Waals surface area contributed by atoms with E-state index in [1.165, 1.54) is 148 Å². The van der Waals surface area contributed by atoms with E-state index in [1.807, 2.05) is 7.05 Å². The summed E-state index contributed by atoms with van der Waals surface area (Å²) in [5.74, 6) is 2.80. The highest BCUT2D eigenvalue weighted by molar-refractivity contribution is 7.89. The van der Waals surface area contributed by atoms with Crippen molar-refractivity contribution in [2.75, 3.05) is 67.5 Å². The van der Waals surface area contributed by atoms with Crippen molar-refractivity contribution in [1.82, 2.24) is 24.9 Å². The van der Waals surface area contributed by atoms with Crippen LogP contribution in [0.4, 0.5) is 0 Å². The van der Waals surface area contributed by atoms with Gasteiger partial charge in [0.25, 0.3) is 0 Å². The first-order valence-electron chi connectivity index (χ1n) is 23.5. The lowest BCUT2D eigenvalue weighted by Gasteiger charge is -2.40. The molecular weight excluding hydrogens is 705 g/mol. The lowest BCUT2D eigenvalue weighted by molar-refractivity contribution is -0.121. The summed E-state index contributed by atoms with van der Waals surface area (Å²) in [6.07, 6.45) is 32.2. The van der Waals surface area contributed by atoms with Crippen LogP contribution in [0.1, 0.15) is 167 Å². The number of primary sulfonamides is 1. The molecule has 3 aliphatic heterocycles. The molecule has 0 aromatic heterocycles. The summed E-state index contributed by atoms with van der Waals surface area (Å²) in [5.41, 5.74) is 0. The average molecular weight is 793 g/mol. The molecule has 0 bridgehead atoms. The first-order chi connectivity index (χ1) is 26.4. The summed E-state index contributed by atoms with van der Waals surface area (Å²) in [6, 6.07) is 3.52. The minimum atomic E-state index is -3.30. The third kappa shape index (κ3) is 16.9. The fourth-order valence-electron chi connectivity index (χ4n) is 11.0. The summed E-state index contributed by atoms with van der Waals surface area (Å²) >= 11 is 0. The number of hydrogen-bond donors (Lipinski definition) is 2. The maximum absolute atomic E-state index is 11.3. The van der Waals surface area contributed by atoms with Crippen LogP contribution in [-0.4, -0.2) is 131 Å². The van der Waals surface area contributed by atoms with Crippen molar-refractivity contribution in [2.24, 2.45) is 22.9 Å². The molecule has 3 N–H and O–H groups in total. The van der Waals surface area contributed by atoms with E-state index in [4.69, 9.17) is 5.14 Å². The van der Waals surface area contributed by atoms with Crippen LogP contribution in [-0.2, 0) is 14.8 Å². The molecule has 7 rings (SSSR count). The normalized spacial score (nSPS) is 28.7. The van der Waals surface area contributed by atoms with E-state index in [0.717, 1.165) is 93.5 Å². The molecule has 0 radical (unpaired) electrons. The first-order valence-corrected chi connectivity index (χ1v) is 25.1. The van der Waals surface area contributed by atoms with E-state index < -0.39 is 10.0 Å². The van der Waals surface area contributed by atoms with E-state index in [9.17, 15) is 13.2 Å². The van der Waals surface area contributed by atoms with Crippen molar-refractivity contribution >= 4 is 15.8 Å². The summed E-state index contributed by atoms with van der Waals surface area (Å²) in [7, 11) is 5.72. The number of nitrogens with two attached hydrogens (primary N) is 1. The van der Waals surface area contributed by atoms with Crippen LogP contribution in [0.15, 0.2) is 0 Å². The lowest BCUT2D eigenvalue weighted by atomic mass is 9.70. The van der Waals surface area contributed by atoms with Gasteiger partial charge in [-0.05, 0) is 149 Å². The van der Waals surface area contributed by atoms with Crippen LogP contribution in [0.25, 0.3) is 0 Å². The lowest BCUT2D eigenvalue weighted by Crippen LogP contribution is -2.46. The molecule has 10 heteroatoms. The molecule has 0 aromatic rings. The van der Waals surface area contributed by atoms with Crippen molar-refractivity contribution in [3.63, 3.8) is 0 Å². The molecule has 3 heterocycles. The maximum atomic E-state index is 11.3. The van der Waals surface area contributed by atoms with E-state index in [0.29, 0.717) is 5.78 Å². The number of piperidine rings is 3. The predicted octanol–water partition coefficient (Wildman–Crippen LogP) is 7.68. The van der Waals surface area contributed by atoms with Gasteiger partial charge in [-0.25, -0.2) is 13.6 Å². The molecule has 3 saturated heterocycles. The molecule has 4 saturated carbocycles. The molecular formula is C45H88N6O3S. The highest BCUT2D eigenvalue weighted by atomic mass is 32.2. The van der Waals surface area contributed by atoms with Crippen molar-refractivity contribution in [2.45, 2.75) is 197 Å². The number of hydrogen-bond acceptors (Lipinski definition) is 8. The first kappa shape index (κ1) is 47.1. The number of nitrogens with one attached hydrogen (secondary N) is 1. The molecule has 0 spiro atoms. The average Bonchev–Trinajstić information content (AvgIpc) is 3.23. The standard InChI is InChI=1S/C14H27NO2S.C13H26N2.C12H24N2.C6H11NO/c1-11(12-5-3-2-4-6-12)13-7-9-14(10-8-13)18(15,16)17;1-14-10-8-13(9-11-14)15(2)12-6-4-3-5-7-12;1-14(11-5-3-2-4-6-11)12-7-9-13-10-8-12;1-7-4-2-6(8)3-5-7/h11-14H,2-10H2,1H3,(H2,15,16,17);12-13H,3-11H2,1-2H3;11-13H,2-10H2,1H3;2-5H2,1H3. The van der Waals surface area contributed by atoms with Crippen LogP contribution in [0.2, 0.25) is 0 Å². The topological polar surface area (TPSA) is 102 Å². The molecule has 0 aromatic carbocycles. The number of Topliss-reactive ketones (excluding diaryl/α,β-unsaturated/α-hetero) is 1. The van der Waals surface area contributed by atoms with Crippen LogP contribution in [0, 0.1) is 17.8 Å². The Morgan fingerprint density at radius 3 is 1.38 bits per heavy atom. The fourth-order valence-corrected chi connectivity index (χ4v) is 12.0. The van der Waals surface area contributed by atoms with Gasteiger partial charge in [-0.1, -0.05) is 77.6 Å². The van der Waals surface area contributed by atoms with Gasteiger partial charge in [0, 0.05) is 50.1 Å². The van der Waals surface area contributed by atoms with E-state index in [1.54, 1.807) is 0 Å². The molecule has 1 unspecified atom stereocenters. The predicted molar refractivity (Wildman–Crippen MR) is 232 cm³/mol. The molecule has 4 aliphatic carbocycles. The zero-order valence-electron chi connectivity index (χ0n) is 36.5. The Balaban J connectivity index is 0.000000168. The Hall–Kier alpha value is -0.620. The van der Waals surface area contributed by atoms with Gasteiger partial charge >= 0.3 is 0 Å². The smallest absolute Gasteiger partial charge is 0.211 e. The number of carbonyl (C=O) groups excluding carboxylic acids is 1. The Kier molecular flexibility index (Phi) is 21.5. The third-order valence-corrected chi connectivity index (χ3v) is 16.7. The molecule has 7 aliphatic rings. The Bertz CT molecular complexity index is 1110. The van der Waals surface area contributed by atoms with Crippen molar-refractivity contribution in [3.8, 4) is 0 Å². The monoisotopic (exact) mass is 793 g/mol. The van der Waals surface area contributed by atoms with Gasteiger partial charge < -0.3 is 24.9 Å². The second-order valence-corrected chi connectivity index (χ2v) is 21.0. The van der Waals surface area contributed by atoms with Gasteiger partial charge in [-0.15, -0.1) is 0 Å². The number of likely N-dealkylation sites (tertiary alicyclic amines) is 2. The highest BCUT2D eigenvalue weighted by Crippen LogP contribution is 2.40. The van der Waals surface area contributed by atoms with Gasteiger partial charge in [-0.3, -0.25) is 4.79 Å². The van der Waals surface area contributed by atoms with E-state index >= 15 is 0 Å². The number of rotatable bonds is 7. The quantitative estimate of drug-likeness (QED) is 0.271. The Labute approximate surface area is 340 Å². The summed E-state index contributed by atoms with van der Waals surface area (Å²) in [6.45, 7) is 9.34. The van der Waals surface area contributed by atoms with Crippen LogP contribution < -0.4 is 10.5 Å². The van der Waals surface area contributed by atoms with Gasteiger partial charge in [0.1, 0.15) is 5.78 Å². The summed E-state index contributed by atoms with van der Waals surface area (Å²) in [5, 5.41) is 8.42. The van der Waals surface area contributed by atoms with Crippen molar-refractivity contribution in [1.29, 1.82) is 0 Å². The zero-order chi connectivity index (χ0) is 39.6. The molecule has 322 valence electrons. The minimum Gasteiger partial charge on any atom is -0.317 e. The van der Waals surface area contributed by atoms with Gasteiger partial charge in [-0.2, -0.15) is 0 Å². The zero-order valence-corrected chi connectivity index (χ0v) is 37.4. The number of nitrogens with zero attached hydrogens (tertiary/aromatic N) is 4. The fraction of sp³-hybridized carbons (Fsp3) is 0.978. The van der Waals surface area contributed by atoms with Crippen molar-refractivity contribution in [3.05, 3.63) is 0 Å². The van der Waals surface area contributed by atoms with Crippen LogP contribution >= 0.6 is 0 Å². The summed E-state index contributed by atoms with van der Waals surface area (Å²) < 4.78 is 22.7. The second-order valence-electron chi connectivity index (χ2n) is 19.2. The second kappa shape index (κ2) is 25.1. The van der Waals surface area contributed by atoms with Gasteiger partial charge in [0.05, 0.1) is 5.25 Å². The van der Waals surface area contributed by atoms with Gasteiger partial charge in [0.2, 0.25) is 10.0 Å². The van der Waals surface area contributed by atoms with Crippen molar-refractivity contribution < 1.29 is 13.2 Å². The Morgan fingerprint density at radius 2 is 0.945 bits per heavy atom. The third-order valence-electron chi connectivity index (χ3n) is 15.3. The number of ketones is 1. The van der Waals surface area contributed by atoms with Crippen LogP contribution in [0.3, 0.4) is 0 Å². The van der Waals surface area contributed by atoms with Crippen LogP contribution in [0.5, 0.6) is 0 Å².